The van der Waals surface area contributed by atoms with Crippen LogP contribution in [0.4, 0.5) is 10.5 Å². The van der Waals surface area contributed by atoms with Gasteiger partial charge in [0.1, 0.15) is 6.04 Å². The van der Waals surface area contributed by atoms with Gasteiger partial charge in [-0.05, 0) is 45.4 Å². The maximum atomic E-state index is 12.1. The summed E-state index contributed by atoms with van der Waals surface area (Å²) < 4.78 is 0. The second-order valence-corrected chi connectivity index (χ2v) is 7.13. The van der Waals surface area contributed by atoms with Crippen LogP contribution >= 0.6 is 0 Å². The standard InChI is InChI=1S/C18H28N4O3/c1-12(16(24)21-18(3,4)5)19-17(25)20-15-9-7-8-14(10-15)11-22(6)13(2)23/h7-10,12H,11H2,1-6H3,(H,21,24)(H2,19,20,25). The maximum absolute atomic E-state index is 12.1. The number of carbonyl (C=O) groups is 3. The molecule has 1 aromatic carbocycles. The SMILES string of the molecule is CC(=O)N(C)Cc1cccc(NC(=O)NC(C)C(=O)NC(C)(C)C)c1. The van der Waals surface area contributed by atoms with Crippen molar-refractivity contribution in [2.24, 2.45) is 0 Å². The summed E-state index contributed by atoms with van der Waals surface area (Å²) in [7, 11) is 1.71. The van der Waals surface area contributed by atoms with Crippen LogP contribution in [0, 0.1) is 0 Å². The fourth-order valence-corrected chi connectivity index (χ4v) is 2.04. The van der Waals surface area contributed by atoms with Gasteiger partial charge >= 0.3 is 6.03 Å². The quantitative estimate of drug-likeness (QED) is 0.761. The first-order chi connectivity index (χ1) is 11.5. The van der Waals surface area contributed by atoms with Crippen molar-refractivity contribution in [1.29, 1.82) is 0 Å². The van der Waals surface area contributed by atoms with Crippen LogP contribution in [0.1, 0.15) is 40.2 Å². The van der Waals surface area contributed by atoms with Crippen LogP contribution in [-0.4, -0.2) is 41.4 Å². The maximum Gasteiger partial charge on any atom is 0.319 e. The summed E-state index contributed by atoms with van der Waals surface area (Å²) in [6.07, 6.45) is 0. The molecule has 0 saturated carbocycles. The van der Waals surface area contributed by atoms with Crippen molar-refractivity contribution >= 4 is 23.5 Å². The molecule has 0 aliphatic heterocycles. The van der Waals surface area contributed by atoms with Gasteiger partial charge in [0.15, 0.2) is 0 Å². The van der Waals surface area contributed by atoms with Gasteiger partial charge in [0.25, 0.3) is 0 Å². The van der Waals surface area contributed by atoms with Crippen LogP contribution in [0.3, 0.4) is 0 Å². The Kier molecular flexibility index (Phi) is 6.97. The van der Waals surface area contributed by atoms with Crippen molar-refractivity contribution in [1.82, 2.24) is 15.5 Å². The minimum Gasteiger partial charge on any atom is -0.350 e. The fourth-order valence-electron chi connectivity index (χ4n) is 2.04. The number of nitrogens with zero attached hydrogens (tertiary/aromatic N) is 1. The molecule has 0 fully saturated rings. The number of rotatable bonds is 5. The molecular weight excluding hydrogens is 320 g/mol. The van der Waals surface area contributed by atoms with Crippen molar-refractivity contribution in [3.63, 3.8) is 0 Å². The molecule has 7 heteroatoms. The Bertz CT molecular complexity index is 637. The van der Waals surface area contributed by atoms with Gasteiger partial charge in [-0.1, -0.05) is 12.1 Å². The number of hydrogen-bond acceptors (Lipinski definition) is 3. The number of anilines is 1. The Morgan fingerprint density at radius 2 is 1.84 bits per heavy atom. The Hall–Kier alpha value is -2.57. The average molecular weight is 348 g/mol. The Morgan fingerprint density at radius 3 is 2.40 bits per heavy atom. The lowest BCUT2D eigenvalue weighted by Gasteiger charge is -2.23. The molecule has 0 radical (unpaired) electrons. The minimum absolute atomic E-state index is 0.0326. The summed E-state index contributed by atoms with van der Waals surface area (Å²) in [5.41, 5.74) is 1.13. The third-order valence-corrected chi connectivity index (χ3v) is 3.38. The molecule has 3 N–H and O–H groups in total. The monoisotopic (exact) mass is 348 g/mol. The summed E-state index contributed by atoms with van der Waals surface area (Å²) in [6.45, 7) is 9.21. The number of hydrogen-bond donors (Lipinski definition) is 3. The van der Waals surface area contributed by atoms with E-state index in [4.69, 9.17) is 0 Å². The molecule has 0 aliphatic rings. The van der Waals surface area contributed by atoms with Gasteiger partial charge in [-0.2, -0.15) is 0 Å². The predicted molar refractivity (Wildman–Crippen MR) is 98.1 cm³/mol. The first-order valence-corrected chi connectivity index (χ1v) is 8.18. The molecule has 0 saturated heterocycles. The number of nitrogens with one attached hydrogen (secondary N) is 3. The van der Waals surface area contributed by atoms with Crippen molar-refractivity contribution in [2.45, 2.75) is 52.7 Å². The van der Waals surface area contributed by atoms with Gasteiger partial charge in [0.2, 0.25) is 11.8 Å². The number of amides is 4. The van der Waals surface area contributed by atoms with E-state index in [-0.39, 0.29) is 17.4 Å². The summed E-state index contributed by atoms with van der Waals surface area (Å²) in [4.78, 5) is 36.9. The van der Waals surface area contributed by atoms with Crippen LogP contribution in [0.15, 0.2) is 24.3 Å². The van der Waals surface area contributed by atoms with E-state index in [9.17, 15) is 14.4 Å². The third-order valence-electron chi connectivity index (χ3n) is 3.38. The lowest BCUT2D eigenvalue weighted by Crippen LogP contribution is -2.51. The van der Waals surface area contributed by atoms with Gasteiger partial charge in [-0.3, -0.25) is 9.59 Å². The highest BCUT2D eigenvalue weighted by atomic mass is 16.2. The summed E-state index contributed by atoms with van der Waals surface area (Å²) in [5, 5.41) is 8.11. The van der Waals surface area contributed by atoms with Gasteiger partial charge in [-0.15, -0.1) is 0 Å². The van der Waals surface area contributed by atoms with Crippen molar-refractivity contribution in [3.8, 4) is 0 Å². The molecule has 0 aromatic heterocycles. The minimum atomic E-state index is -0.661. The molecule has 1 unspecified atom stereocenters. The topological polar surface area (TPSA) is 90.5 Å². The van der Waals surface area contributed by atoms with E-state index < -0.39 is 12.1 Å². The normalized spacial score (nSPS) is 12.1. The lowest BCUT2D eigenvalue weighted by atomic mass is 10.1. The molecule has 7 nitrogen and oxygen atoms in total. The smallest absolute Gasteiger partial charge is 0.319 e. The average Bonchev–Trinajstić information content (AvgIpc) is 2.45. The van der Waals surface area contributed by atoms with Crippen molar-refractivity contribution in [2.75, 3.05) is 12.4 Å². The van der Waals surface area contributed by atoms with Crippen molar-refractivity contribution < 1.29 is 14.4 Å². The summed E-state index contributed by atoms with van der Waals surface area (Å²) >= 11 is 0. The molecule has 0 aliphatic carbocycles. The Morgan fingerprint density at radius 1 is 1.20 bits per heavy atom. The second-order valence-electron chi connectivity index (χ2n) is 7.13. The fraction of sp³-hybridized carbons (Fsp3) is 0.500. The second kappa shape index (κ2) is 8.50. The van der Waals surface area contributed by atoms with Gasteiger partial charge < -0.3 is 20.9 Å². The van der Waals surface area contributed by atoms with E-state index in [2.05, 4.69) is 16.0 Å². The zero-order valence-corrected chi connectivity index (χ0v) is 15.8. The van der Waals surface area contributed by atoms with Gasteiger partial charge in [-0.25, -0.2) is 4.79 Å². The largest absolute Gasteiger partial charge is 0.350 e. The van der Waals surface area contributed by atoms with Gasteiger partial charge in [0.05, 0.1) is 0 Å². The van der Waals surface area contributed by atoms with Crippen LogP contribution in [-0.2, 0) is 16.1 Å². The molecular formula is C18H28N4O3. The first kappa shape index (κ1) is 20.5. The van der Waals surface area contributed by atoms with Gasteiger partial charge in [0, 0.05) is 31.7 Å². The van der Waals surface area contributed by atoms with E-state index in [1.807, 2.05) is 26.8 Å². The summed E-state index contributed by atoms with van der Waals surface area (Å²) in [5.74, 6) is -0.283. The molecule has 138 valence electrons. The van der Waals surface area contributed by atoms with E-state index in [1.165, 1.54) is 6.92 Å². The van der Waals surface area contributed by atoms with Crippen LogP contribution < -0.4 is 16.0 Å². The highest BCUT2D eigenvalue weighted by Crippen LogP contribution is 2.12. The lowest BCUT2D eigenvalue weighted by molar-refractivity contribution is -0.128. The molecule has 0 heterocycles. The van der Waals surface area contributed by atoms with Crippen molar-refractivity contribution in [3.05, 3.63) is 29.8 Å². The third kappa shape index (κ3) is 7.69. The molecule has 1 atom stereocenters. The highest BCUT2D eigenvalue weighted by Gasteiger charge is 2.20. The predicted octanol–water partition coefficient (Wildman–Crippen LogP) is 2.09. The number of carbonyl (C=O) groups excluding carboxylic acids is 3. The molecule has 1 aromatic rings. The number of benzene rings is 1. The molecule has 0 spiro atoms. The first-order valence-electron chi connectivity index (χ1n) is 8.18. The van der Waals surface area contributed by atoms with Crippen LogP contribution in [0.5, 0.6) is 0 Å². The highest BCUT2D eigenvalue weighted by molar-refractivity contribution is 5.93. The van der Waals surface area contributed by atoms with E-state index in [0.717, 1.165) is 5.56 Å². The Balaban J connectivity index is 2.62. The van der Waals surface area contributed by atoms with Crippen LogP contribution in [0.25, 0.3) is 0 Å². The molecule has 1 rings (SSSR count). The zero-order chi connectivity index (χ0) is 19.2. The number of urea groups is 1. The molecule has 4 amide bonds. The summed E-state index contributed by atoms with van der Waals surface area (Å²) in [6, 6.07) is 6.09. The molecule has 0 bridgehead atoms. The Labute approximate surface area is 149 Å². The van der Waals surface area contributed by atoms with E-state index >= 15 is 0 Å². The zero-order valence-electron chi connectivity index (χ0n) is 15.8. The van der Waals surface area contributed by atoms with E-state index in [1.54, 1.807) is 37.1 Å². The molecule has 25 heavy (non-hydrogen) atoms. The van der Waals surface area contributed by atoms with Crippen LogP contribution in [0.2, 0.25) is 0 Å². The van der Waals surface area contributed by atoms with E-state index in [0.29, 0.717) is 12.2 Å².